The van der Waals surface area contributed by atoms with Crippen LogP contribution in [0.3, 0.4) is 0 Å². The van der Waals surface area contributed by atoms with Crippen molar-refractivity contribution in [3.8, 4) is 0 Å². The van der Waals surface area contributed by atoms with E-state index in [1.807, 2.05) is 0 Å². The maximum Gasteiger partial charge on any atom is 0.294 e. The Morgan fingerprint density at radius 2 is 1.03 bits per heavy atom. The topological polar surface area (TPSA) is 208 Å². The fourth-order valence-corrected chi connectivity index (χ4v) is 3.44. The predicted octanol–water partition coefficient (Wildman–Crippen LogP) is 5.71. The van der Waals surface area contributed by atoms with Gasteiger partial charge in [-0.2, -0.15) is 18.6 Å². The van der Waals surface area contributed by atoms with Crippen molar-refractivity contribution in [2.24, 2.45) is 20.5 Å². The molecule has 3 aromatic carbocycles. The summed E-state index contributed by atoms with van der Waals surface area (Å²) in [4.78, 5) is -0.470. The minimum absolute atomic E-state index is 0.0785. The van der Waals surface area contributed by atoms with Gasteiger partial charge in [0.2, 0.25) is 0 Å². The van der Waals surface area contributed by atoms with Crippen molar-refractivity contribution in [2.45, 2.75) is 11.8 Å². The third kappa shape index (κ3) is 5.49. The number of azo groups is 2. The first-order valence-electron chi connectivity index (χ1n) is 9.01. The highest BCUT2D eigenvalue weighted by Crippen LogP contribution is 2.37. The molecular weight excluding hydrogens is 491 g/mol. The van der Waals surface area contributed by atoms with Crippen LogP contribution in [0.4, 0.5) is 45.5 Å². The van der Waals surface area contributed by atoms with E-state index in [1.54, 1.807) is 6.92 Å². The van der Waals surface area contributed by atoms with Gasteiger partial charge in [-0.15, -0.1) is 10.2 Å². The summed E-state index contributed by atoms with van der Waals surface area (Å²) in [5.41, 5.74) is 25.1. The van der Waals surface area contributed by atoms with Gasteiger partial charge >= 0.3 is 0 Å². The smallest absolute Gasteiger partial charge is 0.294 e. The summed E-state index contributed by atoms with van der Waals surface area (Å²) in [5.74, 6) is 0. The molecule has 11 nitrogen and oxygen atoms in total. The van der Waals surface area contributed by atoms with Gasteiger partial charge in [-0.05, 0) is 43.3 Å². The second kappa shape index (κ2) is 9.19. The zero-order valence-electron chi connectivity index (χ0n) is 17.0. The van der Waals surface area contributed by atoms with Crippen LogP contribution < -0.4 is 22.9 Å². The Kier molecular flexibility index (Phi) is 6.74. The van der Waals surface area contributed by atoms with Gasteiger partial charge in [0.05, 0.1) is 49.1 Å². The third-order valence-electron chi connectivity index (χ3n) is 4.45. The Morgan fingerprint density at radius 1 is 0.667 bits per heavy atom. The Morgan fingerprint density at radius 3 is 1.39 bits per heavy atom. The van der Waals surface area contributed by atoms with Crippen LogP contribution in [0.1, 0.15) is 5.56 Å². The molecule has 0 fully saturated rings. The summed E-state index contributed by atoms with van der Waals surface area (Å²) >= 11 is 12.0. The first-order chi connectivity index (χ1) is 15.4. The third-order valence-corrected chi connectivity index (χ3v) is 5.93. The van der Waals surface area contributed by atoms with Crippen LogP contribution in [0.5, 0.6) is 0 Å². The molecule has 0 aliphatic carbocycles. The molecule has 0 atom stereocenters. The van der Waals surface area contributed by atoms with Gasteiger partial charge in [-0.25, -0.2) is 0 Å². The number of halogens is 2. The van der Waals surface area contributed by atoms with E-state index in [0.717, 1.165) is 12.1 Å². The highest BCUT2D eigenvalue weighted by atomic mass is 35.5. The number of anilines is 4. The van der Waals surface area contributed by atoms with E-state index in [1.165, 1.54) is 24.3 Å². The predicted molar refractivity (Wildman–Crippen MR) is 130 cm³/mol. The van der Waals surface area contributed by atoms with Gasteiger partial charge in [-0.1, -0.05) is 23.2 Å². The van der Waals surface area contributed by atoms with Crippen molar-refractivity contribution < 1.29 is 13.0 Å². The molecule has 0 bridgehead atoms. The molecule has 0 saturated carbocycles. The van der Waals surface area contributed by atoms with Crippen LogP contribution in [0, 0.1) is 6.92 Å². The molecule has 9 N–H and O–H groups in total. The van der Waals surface area contributed by atoms with Crippen LogP contribution in [-0.2, 0) is 10.1 Å². The molecule has 0 aromatic heterocycles. The first-order valence-corrected chi connectivity index (χ1v) is 11.2. The van der Waals surface area contributed by atoms with Crippen molar-refractivity contribution in [2.75, 3.05) is 22.9 Å². The van der Waals surface area contributed by atoms with Crippen LogP contribution in [0.15, 0.2) is 61.8 Å². The van der Waals surface area contributed by atoms with E-state index in [-0.39, 0.29) is 55.5 Å². The van der Waals surface area contributed by atoms with Gasteiger partial charge in [0, 0.05) is 5.56 Å². The van der Waals surface area contributed by atoms with Gasteiger partial charge in [-0.3, -0.25) is 4.55 Å². The number of hydrogen-bond donors (Lipinski definition) is 5. The molecule has 0 spiro atoms. The monoisotopic (exact) mass is 508 g/mol. The van der Waals surface area contributed by atoms with Gasteiger partial charge in [0.25, 0.3) is 10.1 Å². The summed E-state index contributed by atoms with van der Waals surface area (Å²) in [7, 11) is -4.60. The van der Waals surface area contributed by atoms with E-state index in [2.05, 4.69) is 20.5 Å². The summed E-state index contributed by atoms with van der Waals surface area (Å²) < 4.78 is 33.1. The van der Waals surface area contributed by atoms with Crippen LogP contribution in [0.2, 0.25) is 10.0 Å². The Bertz CT molecular complexity index is 1340. The standard InChI is InChI=1S/C19H18Cl2N8O3S/c1-8-16(26-28-18-4-10(20)12(22)6-14(18)24)2-9(33(30,31)32)3-17(8)27-29-19-5-11(21)13(23)7-15(19)25/h2-7H,22-25H2,1H3,(H,30,31,32). The van der Waals surface area contributed by atoms with Gasteiger partial charge < -0.3 is 22.9 Å². The number of nitrogens with zero attached hydrogens (tertiary/aromatic N) is 4. The lowest BCUT2D eigenvalue weighted by Crippen LogP contribution is -1.98. The molecule has 0 radical (unpaired) electrons. The van der Waals surface area contributed by atoms with Crippen LogP contribution in [-0.4, -0.2) is 13.0 Å². The van der Waals surface area contributed by atoms with Crippen LogP contribution in [0.25, 0.3) is 0 Å². The molecular formula is C19H18Cl2N8O3S. The summed E-state index contributed by atoms with van der Waals surface area (Å²) in [6.45, 7) is 1.61. The maximum atomic E-state index is 11.8. The Hall–Kier alpha value is -3.45. The fraction of sp³-hybridized carbons (Fsp3) is 0.0526. The minimum atomic E-state index is -4.60. The quantitative estimate of drug-likeness (QED) is 0.164. The number of rotatable bonds is 5. The number of nitrogens with two attached hydrogens (primary N) is 4. The second-order valence-electron chi connectivity index (χ2n) is 6.83. The van der Waals surface area contributed by atoms with Gasteiger partial charge in [0.1, 0.15) is 11.4 Å². The lowest BCUT2D eigenvalue weighted by molar-refractivity contribution is 0.483. The molecule has 3 aromatic rings. The molecule has 0 aliphatic rings. The molecule has 3 rings (SSSR count). The van der Waals surface area contributed by atoms with Crippen molar-refractivity contribution in [1.82, 2.24) is 0 Å². The molecule has 0 unspecified atom stereocenters. The summed E-state index contributed by atoms with van der Waals surface area (Å²) in [6.07, 6.45) is 0. The zero-order valence-corrected chi connectivity index (χ0v) is 19.3. The van der Waals surface area contributed by atoms with E-state index in [4.69, 9.17) is 46.1 Å². The molecule has 0 amide bonds. The highest BCUT2D eigenvalue weighted by Gasteiger charge is 2.16. The Balaban J connectivity index is 2.10. The molecule has 33 heavy (non-hydrogen) atoms. The van der Waals surface area contributed by atoms with Crippen molar-refractivity contribution in [3.05, 3.63) is 52.0 Å². The van der Waals surface area contributed by atoms with Crippen molar-refractivity contribution >= 4 is 78.8 Å². The molecule has 172 valence electrons. The average molecular weight is 509 g/mol. The number of nitrogen functional groups attached to an aromatic ring is 4. The normalized spacial score (nSPS) is 12.1. The fourth-order valence-electron chi connectivity index (χ4n) is 2.60. The van der Waals surface area contributed by atoms with Crippen molar-refractivity contribution in [3.63, 3.8) is 0 Å². The summed E-state index contributed by atoms with van der Waals surface area (Å²) in [5, 5.41) is 16.6. The highest BCUT2D eigenvalue weighted by molar-refractivity contribution is 7.85. The SMILES string of the molecule is Cc1c(N=Nc2cc(Cl)c(N)cc2N)cc(S(=O)(=O)O)cc1N=Nc1cc(Cl)c(N)cc1N. The number of hydrogen-bond acceptors (Lipinski definition) is 10. The Labute approximate surface area is 198 Å². The lowest BCUT2D eigenvalue weighted by atomic mass is 10.1. The van der Waals surface area contributed by atoms with E-state index in [0.29, 0.717) is 5.56 Å². The zero-order chi connectivity index (χ0) is 24.5. The average Bonchev–Trinajstić information content (AvgIpc) is 2.72. The van der Waals surface area contributed by atoms with E-state index >= 15 is 0 Å². The second-order valence-corrected chi connectivity index (χ2v) is 9.06. The summed E-state index contributed by atoms with van der Waals surface area (Å²) in [6, 6.07) is 7.89. The molecule has 0 saturated heterocycles. The van der Waals surface area contributed by atoms with Crippen molar-refractivity contribution in [1.29, 1.82) is 0 Å². The van der Waals surface area contributed by atoms with Crippen LogP contribution >= 0.6 is 23.2 Å². The largest absolute Gasteiger partial charge is 0.397 e. The molecule has 0 heterocycles. The molecule has 14 heteroatoms. The lowest BCUT2D eigenvalue weighted by Gasteiger charge is -2.08. The van der Waals surface area contributed by atoms with E-state index < -0.39 is 15.0 Å². The number of benzene rings is 3. The minimum Gasteiger partial charge on any atom is -0.397 e. The van der Waals surface area contributed by atoms with Gasteiger partial charge in [0.15, 0.2) is 0 Å². The maximum absolute atomic E-state index is 11.8. The molecule has 0 aliphatic heterocycles. The van der Waals surface area contributed by atoms with E-state index in [9.17, 15) is 13.0 Å². The first kappa shape index (κ1) is 24.2.